The second-order valence-corrected chi connectivity index (χ2v) is 16.0. The van der Waals surface area contributed by atoms with E-state index in [2.05, 4.69) is 225 Å². The van der Waals surface area contributed by atoms with Crippen LogP contribution in [0.4, 0.5) is 0 Å². The van der Waals surface area contributed by atoms with Crippen LogP contribution in [0.15, 0.2) is 194 Å². The van der Waals surface area contributed by atoms with Crippen molar-refractivity contribution in [3.8, 4) is 28.8 Å². The summed E-state index contributed by atoms with van der Waals surface area (Å²) in [7, 11) is 0. The molecule has 0 unspecified atom stereocenters. The van der Waals surface area contributed by atoms with Gasteiger partial charge in [0.15, 0.2) is 0 Å². The average Bonchev–Trinajstić information content (AvgIpc) is 4.04. The highest BCUT2D eigenvalue weighted by Crippen LogP contribution is 2.49. The normalized spacial score (nSPS) is 12.0. The van der Waals surface area contributed by atoms with E-state index in [1.165, 1.54) is 10.8 Å². The molecule has 0 aliphatic carbocycles. The fourth-order valence-corrected chi connectivity index (χ4v) is 10.5. The van der Waals surface area contributed by atoms with Gasteiger partial charge in [-0.1, -0.05) is 146 Å². The van der Waals surface area contributed by atoms with E-state index in [1.54, 1.807) is 0 Å². The predicted molar refractivity (Wildman–Crippen MR) is 253 cm³/mol. The molecule has 0 radical (unpaired) electrons. The number of hydrogen-bond acceptors (Lipinski definition) is 1. The number of hydrogen-bond donors (Lipinski definition) is 0. The maximum absolute atomic E-state index is 11.9. The standard InChI is InChI=1S/C56H35N5/c1-35-44(34-57)54(59-47-28-12-4-20-38(47)39-21-5-13-29-48(39)59)56(61-51-32-16-8-24-42(51)43-25-9-17-33-52(43)61)55(60-49-30-14-6-22-40(49)41-23-7-15-31-50(41)60)53(35)58-45-26-10-2-18-36(45)37-19-3-11-27-46(37)58/h2-33H,1H3. The first-order valence-electron chi connectivity index (χ1n) is 20.8. The van der Waals surface area contributed by atoms with Gasteiger partial charge in [-0.05, 0) is 61.0 Å². The molecule has 5 heteroatoms. The first-order valence-corrected chi connectivity index (χ1v) is 20.8. The number of nitriles is 1. The van der Waals surface area contributed by atoms with Crippen LogP contribution in [0.25, 0.3) is 110 Å². The zero-order chi connectivity index (χ0) is 40.3. The Hall–Kier alpha value is -8.33. The second kappa shape index (κ2) is 12.6. The lowest BCUT2D eigenvalue weighted by Crippen LogP contribution is -2.16. The molecule has 0 saturated heterocycles. The third-order valence-corrected chi connectivity index (χ3v) is 13.0. The van der Waals surface area contributed by atoms with Crippen LogP contribution in [0.5, 0.6) is 0 Å². The molecule has 0 aliphatic heterocycles. The number of para-hydroxylation sites is 8. The van der Waals surface area contributed by atoms with E-state index in [0.717, 1.165) is 105 Å². The van der Waals surface area contributed by atoms with Crippen molar-refractivity contribution in [2.45, 2.75) is 6.92 Å². The van der Waals surface area contributed by atoms with Crippen molar-refractivity contribution in [3.63, 3.8) is 0 Å². The van der Waals surface area contributed by atoms with E-state index in [4.69, 9.17) is 0 Å². The van der Waals surface area contributed by atoms with Crippen molar-refractivity contribution >= 4 is 87.2 Å². The lowest BCUT2D eigenvalue weighted by atomic mass is 9.98. The van der Waals surface area contributed by atoms with Crippen LogP contribution < -0.4 is 0 Å². The van der Waals surface area contributed by atoms with E-state index in [9.17, 15) is 5.26 Å². The first kappa shape index (κ1) is 33.6. The van der Waals surface area contributed by atoms with Gasteiger partial charge in [-0.25, -0.2) is 0 Å². The highest BCUT2D eigenvalue weighted by molar-refractivity contribution is 6.16. The summed E-state index contributed by atoms with van der Waals surface area (Å²) in [6.07, 6.45) is 0. The molecule has 0 atom stereocenters. The average molecular weight is 778 g/mol. The molecule has 0 fully saturated rings. The lowest BCUT2D eigenvalue weighted by Gasteiger charge is -2.28. The Labute approximate surface area is 350 Å². The smallest absolute Gasteiger partial charge is 0.102 e. The van der Waals surface area contributed by atoms with Crippen LogP contribution in [0.2, 0.25) is 0 Å². The number of fused-ring (bicyclic) bond motifs is 12. The van der Waals surface area contributed by atoms with Crippen LogP contribution in [-0.4, -0.2) is 18.3 Å². The van der Waals surface area contributed by atoms with Crippen molar-refractivity contribution in [3.05, 3.63) is 205 Å². The molecule has 284 valence electrons. The molecule has 5 nitrogen and oxygen atoms in total. The predicted octanol–water partition coefficient (Wildman–Crippen LogP) is 14.3. The zero-order valence-corrected chi connectivity index (χ0v) is 33.2. The minimum absolute atomic E-state index is 0.616. The molecule has 0 N–H and O–H groups in total. The van der Waals surface area contributed by atoms with Gasteiger partial charge in [0.05, 0.1) is 72.4 Å². The Bertz CT molecular complexity index is 3820. The highest BCUT2D eigenvalue weighted by Gasteiger charge is 2.33. The molecule has 0 bridgehead atoms. The zero-order valence-electron chi connectivity index (χ0n) is 33.2. The molecule has 0 spiro atoms. The van der Waals surface area contributed by atoms with Gasteiger partial charge in [-0.15, -0.1) is 0 Å². The molecule has 0 saturated carbocycles. The Balaban J connectivity index is 1.40. The van der Waals surface area contributed by atoms with Gasteiger partial charge >= 0.3 is 0 Å². The number of aromatic nitrogens is 4. The summed E-state index contributed by atoms with van der Waals surface area (Å²) in [5, 5.41) is 21.1. The summed E-state index contributed by atoms with van der Waals surface area (Å²) in [5.41, 5.74) is 13.8. The van der Waals surface area contributed by atoms with Crippen molar-refractivity contribution < 1.29 is 0 Å². The fraction of sp³-hybridized carbons (Fsp3) is 0.0179. The fourth-order valence-electron chi connectivity index (χ4n) is 10.5. The largest absolute Gasteiger partial charge is 0.307 e. The van der Waals surface area contributed by atoms with Gasteiger partial charge in [0.25, 0.3) is 0 Å². The third-order valence-electron chi connectivity index (χ3n) is 13.0. The van der Waals surface area contributed by atoms with Crippen molar-refractivity contribution in [2.75, 3.05) is 0 Å². The molecular weight excluding hydrogens is 743 g/mol. The summed E-state index contributed by atoms with van der Waals surface area (Å²) in [6, 6.07) is 72.4. The minimum Gasteiger partial charge on any atom is -0.307 e. The van der Waals surface area contributed by atoms with E-state index >= 15 is 0 Å². The Morgan fingerprint density at radius 2 is 0.475 bits per heavy atom. The van der Waals surface area contributed by atoms with Crippen molar-refractivity contribution in [2.24, 2.45) is 0 Å². The Morgan fingerprint density at radius 3 is 0.721 bits per heavy atom. The van der Waals surface area contributed by atoms with Gasteiger partial charge < -0.3 is 18.3 Å². The Morgan fingerprint density at radius 1 is 0.279 bits per heavy atom. The quantitative estimate of drug-likeness (QED) is 0.175. The summed E-state index contributed by atoms with van der Waals surface area (Å²) < 4.78 is 9.71. The topological polar surface area (TPSA) is 43.5 Å². The van der Waals surface area contributed by atoms with E-state index in [0.29, 0.717) is 5.56 Å². The molecule has 0 aliphatic rings. The van der Waals surface area contributed by atoms with Crippen LogP contribution in [0.1, 0.15) is 11.1 Å². The van der Waals surface area contributed by atoms with Crippen molar-refractivity contribution in [1.29, 1.82) is 5.26 Å². The summed E-state index contributed by atoms with van der Waals surface area (Å²) in [4.78, 5) is 0. The number of nitrogens with zero attached hydrogens (tertiary/aromatic N) is 5. The Kier molecular flexibility index (Phi) is 6.94. The van der Waals surface area contributed by atoms with Crippen LogP contribution in [0.3, 0.4) is 0 Å². The highest BCUT2D eigenvalue weighted by atomic mass is 15.1. The molecule has 0 amide bonds. The maximum atomic E-state index is 11.9. The summed E-state index contributed by atoms with van der Waals surface area (Å²) >= 11 is 0. The molecule has 61 heavy (non-hydrogen) atoms. The molecule has 4 heterocycles. The van der Waals surface area contributed by atoms with Crippen LogP contribution in [0, 0.1) is 18.3 Å². The number of benzene rings is 9. The van der Waals surface area contributed by atoms with E-state index < -0.39 is 0 Å². The van der Waals surface area contributed by atoms with Crippen LogP contribution >= 0.6 is 0 Å². The molecule has 13 aromatic rings. The van der Waals surface area contributed by atoms with Crippen molar-refractivity contribution in [1.82, 2.24) is 18.3 Å². The summed E-state index contributed by atoms with van der Waals surface area (Å²) in [6.45, 7) is 2.15. The SMILES string of the molecule is Cc1c(C#N)c(-n2c3ccccc3c3ccccc32)c(-n2c3ccccc3c3ccccc32)c(-n2c3ccccc3c3ccccc32)c1-n1c2ccccc2c2ccccc21. The van der Waals surface area contributed by atoms with Gasteiger partial charge in [-0.3, -0.25) is 0 Å². The maximum Gasteiger partial charge on any atom is 0.102 e. The van der Waals surface area contributed by atoms with Gasteiger partial charge in [0.1, 0.15) is 6.07 Å². The van der Waals surface area contributed by atoms with Gasteiger partial charge in [0.2, 0.25) is 0 Å². The monoisotopic (exact) mass is 777 g/mol. The minimum atomic E-state index is 0.616. The molecule has 13 rings (SSSR count). The molecule has 9 aromatic carbocycles. The van der Waals surface area contributed by atoms with Gasteiger partial charge in [0, 0.05) is 43.1 Å². The summed E-state index contributed by atoms with van der Waals surface area (Å²) in [5.74, 6) is 0. The number of rotatable bonds is 4. The lowest BCUT2D eigenvalue weighted by molar-refractivity contribution is 1.00. The van der Waals surface area contributed by atoms with E-state index in [1.807, 2.05) is 0 Å². The second-order valence-electron chi connectivity index (χ2n) is 16.0. The van der Waals surface area contributed by atoms with Gasteiger partial charge in [-0.2, -0.15) is 5.26 Å². The third kappa shape index (κ3) is 4.43. The van der Waals surface area contributed by atoms with Crippen LogP contribution in [-0.2, 0) is 0 Å². The van der Waals surface area contributed by atoms with E-state index in [-0.39, 0.29) is 0 Å². The molecular formula is C56H35N5. The first-order chi connectivity index (χ1) is 30.2. The molecule has 4 aromatic heterocycles.